The lowest BCUT2D eigenvalue weighted by atomic mass is 10.00. The quantitative estimate of drug-likeness (QED) is 0.331. The SMILES string of the molecule is CC(C)Cc1ccc(O)c(C(=O)Nc2ccc(NC(=O)c3cc(CC(C)C)ccc3O)cc2)c1. The van der Waals surface area contributed by atoms with Gasteiger partial charge in [0, 0.05) is 11.4 Å². The van der Waals surface area contributed by atoms with Crippen LogP contribution in [0.15, 0.2) is 60.7 Å². The van der Waals surface area contributed by atoms with Gasteiger partial charge in [0.1, 0.15) is 11.5 Å². The van der Waals surface area contributed by atoms with Crippen LogP contribution in [0.25, 0.3) is 0 Å². The molecule has 34 heavy (non-hydrogen) atoms. The molecule has 0 saturated heterocycles. The number of amides is 2. The Bertz CT molecular complexity index is 1080. The van der Waals surface area contributed by atoms with Crippen LogP contribution in [0.2, 0.25) is 0 Å². The Balaban J connectivity index is 1.68. The first-order valence-corrected chi connectivity index (χ1v) is 11.5. The minimum absolute atomic E-state index is 0.0756. The number of carbonyl (C=O) groups is 2. The van der Waals surface area contributed by atoms with Gasteiger partial charge in [-0.05, 0) is 84.3 Å². The maximum Gasteiger partial charge on any atom is 0.259 e. The summed E-state index contributed by atoms with van der Waals surface area (Å²) in [5, 5.41) is 25.8. The van der Waals surface area contributed by atoms with E-state index < -0.39 is 11.8 Å². The van der Waals surface area contributed by atoms with Gasteiger partial charge in [0.05, 0.1) is 11.1 Å². The number of rotatable bonds is 8. The van der Waals surface area contributed by atoms with Gasteiger partial charge in [-0.1, -0.05) is 39.8 Å². The summed E-state index contributed by atoms with van der Waals surface area (Å²) in [4.78, 5) is 25.4. The van der Waals surface area contributed by atoms with Crippen molar-refractivity contribution >= 4 is 23.2 Å². The zero-order valence-electron chi connectivity index (χ0n) is 20.1. The molecule has 6 nitrogen and oxygen atoms in total. The molecule has 0 radical (unpaired) electrons. The van der Waals surface area contributed by atoms with Gasteiger partial charge in [-0.15, -0.1) is 0 Å². The fourth-order valence-electron chi connectivity index (χ4n) is 3.76. The number of aromatic hydroxyl groups is 2. The molecule has 0 bridgehead atoms. The molecule has 4 N–H and O–H groups in total. The number of phenolic OH excluding ortho intramolecular Hbond substituents is 2. The summed E-state index contributed by atoms with van der Waals surface area (Å²) in [5.74, 6) is -0.106. The minimum Gasteiger partial charge on any atom is -0.507 e. The van der Waals surface area contributed by atoms with Gasteiger partial charge >= 0.3 is 0 Å². The van der Waals surface area contributed by atoms with E-state index in [1.807, 2.05) is 12.1 Å². The Hall–Kier alpha value is -3.80. The number of carbonyl (C=O) groups excluding carboxylic acids is 2. The van der Waals surface area contributed by atoms with E-state index >= 15 is 0 Å². The van der Waals surface area contributed by atoms with Crippen molar-refractivity contribution < 1.29 is 19.8 Å². The molecule has 0 aliphatic rings. The van der Waals surface area contributed by atoms with Crippen LogP contribution in [0.4, 0.5) is 11.4 Å². The van der Waals surface area contributed by atoms with E-state index in [0.717, 1.165) is 24.0 Å². The molecule has 0 fully saturated rings. The number of benzene rings is 3. The molecule has 2 amide bonds. The first-order valence-electron chi connectivity index (χ1n) is 11.5. The summed E-state index contributed by atoms with van der Waals surface area (Å²) in [6.07, 6.45) is 1.62. The summed E-state index contributed by atoms with van der Waals surface area (Å²) >= 11 is 0. The van der Waals surface area contributed by atoms with E-state index in [-0.39, 0.29) is 22.6 Å². The van der Waals surface area contributed by atoms with Crippen molar-refractivity contribution in [2.75, 3.05) is 10.6 Å². The maximum absolute atomic E-state index is 12.7. The number of anilines is 2. The summed E-state index contributed by atoms with van der Waals surface area (Å²) in [6.45, 7) is 8.38. The zero-order valence-corrected chi connectivity index (χ0v) is 20.1. The third-order valence-electron chi connectivity index (χ3n) is 5.30. The summed E-state index contributed by atoms with van der Waals surface area (Å²) < 4.78 is 0. The van der Waals surface area contributed by atoms with E-state index in [1.54, 1.807) is 36.4 Å². The van der Waals surface area contributed by atoms with E-state index in [9.17, 15) is 19.8 Å². The highest BCUT2D eigenvalue weighted by Gasteiger charge is 2.15. The Morgan fingerprint density at radius 2 is 1.00 bits per heavy atom. The highest BCUT2D eigenvalue weighted by Crippen LogP contribution is 2.24. The average Bonchev–Trinajstić information content (AvgIpc) is 2.77. The number of hydrogen-bond donors (Lipinski definition) is 4. The molecule has 0 aliphatic heterocycles. The Labute approximate surface area is 200 Å². The monoisotopic (exact) mass is 460 g/mol. The molecular weight excluding hydrogens is 428 g/mol. The van der Waals surface area contributed by atoms with Gasteiger partial charge in [-0.3, -0.25) is 9.59 Å². The molecule has 178 valence electrons. The topological polar surface area (TPSA) is 98.7 Å². The van der Waals surface area contributed by atoms with Crippen LogP contribution in [-0.4, -0.2) is 22.0 Å². The summed E-state index contributed by atoms with van der Waals surface area (Å²) in [7, 11) is 0. The molecule has 0 atom stereocenters. The van der Waals surface area contributed by atoms with E-state index in [0.29, 0.717) is 23.2 Å². The van der Waals surface area contributed by atoms with Crippen molar-refractivity contribution in [3.63, 3.8) is 0 Å². The van der Waals surface area contributed by atoms with E-state index in [4.69, 9.17) is 0 Å². The lowest BCUT2D eigenvalue weighted by Gasteiger charge is -2.12. The first kappa shape index (κ1) is 24.8. The maximum atomic E-state index is 12.7. The van der Waals surface area contributed by atoms with Crippen LogP contribution in [0.5, 0.6) is 11.5 Å². The van der Waals surface area contributed by atoms with Crippen molar-refractivity contribution in [1.29, 1.82) is 0 Å². The number of nitrogens with one attached hydrogen (secondary N) is 2. The van der Waals surface area contributed by atoms with Crippen molar-refractivity contribution in [2.24, 2.45) is 11.8 Å². The van der Waals surface area contributed by atoms with Gasteiger partial charge in [-0.25, -0.2) is 0 Å². The molecule has 0 heterocycles. The third-order valence-corrected chi connectivity index (χ3v) is 5.30. The molecule has 0 unspecified atom stereocenters. The van der Waals surface area contributed by atoms with E-state index in [1.165, 1.54) is 12.1 Å². The molecule has 3 aromatic carbocycles. The molecule has 3 rings (SSSR count). The Morgan fingerprint density at radius 1 is 0.647 bits per heavy atom. The zero-order chi connectivity index (χ0) is 24.8. The average molecular weight is 461 g/mol. The molecule has 6 heteroatoms. The fourth-order valence-corrected chi connectivity index (χ4v) is 3.76. The van der Waals surface area contributed by atoms with Gasteiger partial charge in [-0.2, -0.15) is 0 Å². The van der Waals surface area contributed by atoms with Crippen molar-refractivity contribution in [3.05, 3.63) is 82.9 Å². The van der Waals surface area contributed by atoms with Crippen LogP contribution in [-0.2, 0) is 12.8 Å². The summed E-state index contributed by atoms with van der Waals surface area (Å²) in [6, 6.07) is 16.8. The van der Waals surface area contributed by atoms with Crippen molar-refractivity contribution in [1.82, 2.24) is 0 Å². The predicted molar refractivity (Wildman–Crippen MR) is 136 cm³/mol. The largest absolute Gasteiger partial charge is 0.507 e. The smallest absolute Gasteiger partial charge is 0.259 e. The summed E-state index contributed by atoms with van der Waals surface area (Å²) in [5.41, 5.74) is 3.45. The molecule has 0 aromatic heterocycles. The third kappa shape index (κ3) is 6.61. The first-order chi connectivity index (χ1) is 16.1. The Morgan fingerprint density at radius 3 is 1.32 bits per heavy atom. The van der Waals surface area contributed by atoms with Crippen LogP contribution in [0.1, 0.15) is 59.5 Å². The second kappa shape index (κ2) is 10.9. The predicted octanol–water partition coefficient (Wildman–Crippen LogP) is 6.00. The highest BCUT2D eigenvalue weighted by atomic mass is 16.3. The Kier molecular flexibility index (Phi) is 7.95. The lowest BCUT2D eigenvalue weighted by Crippen LogP contribution is -2.14. The molecule has 0 saturated carbocycles. The number of phenols is 2. The van der Waals surface area contributed by atoms with Gasteiger partial charge in [0.25, 0.3) is 11.8 Å². The van der Waals surface area contributed by atoms with Gasteiger partial charge in [0.2, 0.25) is 0 Å². The normalized spacial score (nSPS) is 11.0. The van der Waals surface area contributed by atoms with Crippen LogP contribution < -0.4 is 10.6 Å². The minimum atomic E-state index is -0.410. The van der Waals surface area contributed by atoms with Gasteiger partial charge in [0.15, 0.2) is 0 Å². The van der Waals surface area contributed by atoms with Crippen LogP contribution in [0, 0.1) is 11.8 Å². The van der Waals surface area contributed by atoms with Gasteiger partial charge < -0.3 is 20.8 Å². The fraction of sp³-hybridized carbons (Fsp3) is 0.286. The molecule has 3 aromatic rings. The second-order valence-electron chi connectivity index (χ2n) is 9.38. The van der Waals surface area contributed by atoms with Crippen molar-refractivity contribution in [2.45, 2.75) is 40.5 Å². The molecule has 0 spiro atoms. The highest BCUT2D eigenvalue weighted by molar-refractivity contribution is 6.07. The van der Waals surface area contributed by atoms with Crippen LogP contribution in [0.3, 0.4) is 0 Å². The standard InChI is InChI=1S/C28H32N2O4/c1-17(2)13-19-5-11-25(31)23(15-19)27(33)29-21-7-9-22(10-8-21)30-28(34)24-16-20(14-18(3)4)6-12-26(24)32/h5-12,15-18,31-32H,13-14H2,1-4H3,(H,29,33)(H,30,34). The second-order valence-corrected chi connectivity index (χ2v) is 9.38. The van der Waals surface area contributed by atoms with Crippen LogP contribution >= 0.6 is 0 Å². The van der Waals surface area contributed by atoms with E-state index in [2.05, 4.69) is 38.3 Å². The molecule has 0 aliphatic carbocycles. The molecular formula is C28H32N2O4. The van der Waals surface area contributed by atoms with Crippen molar-refractivity contribution in [3.8, 4) is 11.5 Å². The number of hydrogen-bond acceptors (Lipinski definition) is 4. The lowest BCUT2D eigenvalue weighted by molar-refractivity contribution is 0.101.